The molecule has 0 radical (unpaired) electrons. The molecule has 108 valence electrons. The van der Waals surface area contributed by atoms with E-state index in [0.29, 0.717) is 17.9 Å². The second kappa shape index (κ2) is 6.56. The van der Waals surface area contributed by atoms with E-state index in [1.807, 2.05) is 0 Å². The van der Waals surface area contributed by atoms with Gasteiger partial charge in [-0.25, -0.2) is 0 Å². The normalized spacial score (nSPS) is 18.8. The monoisotopic (exact) mass is 263 g/mol. The minimum Gasteiger partial charge on any atom is -0.314 e. The number of nitrogens with zero attached hydrogens (tertiary/aromatic N) is 2. The van der Waals surface area contributed by atoms with Crippen molar-refractivity contribution in [3.63, 3.8) is 0 Å². The summed E-state index contributed by atoms with van der Waals surface area (Å²) in [6.07, 6.45) is 7.11. The van der Waals surface area contributed by atoms with Crippen molar-refractivity contribution in [2.24, 2.45) is 11.8 Å². The van der Waals surface area contributed by atoms with Gasteiger partial charge in [-0.1, -0.05) is 20.8 Å². The molecule has 1 aliphatic rings. The maximum Gasteiger partial charge on any atom is 0.0628 e. The number of nitrogens with one attached hydrogen (secondary N) is 1. The van der Waals surface area contributed by atoms with Crippen molar-refractivity contribution in [1.82, 2.24) is 15.1 Å². The van der Waals surface area contributed by atoms with E-state index in [-0.39, 0.29) is 0 Å². The summed E-state index contributed by atoms with van der Waals surface area (Å²) < 4.78 is 2.11. The molecule has 1 heterocycles. The van der Waals surface area contributed by atoms with Crippen molar-refractivity contribution < 1.29 is 0 Å². The summed E-state index contributed by atoms with van der Waals surface area (Å²) in [5, 5.41) is 8.40. The van der Waals surface area contributed by atoms with Crippen molar-refractivity contribution in [3.8, 4) is 0 Å². The smallest absolute Gasteiger partial charge is 0.0628 e. The van der Waals surface area contributed by atoms with E-state index in [9.17, 15) is 0 Å². The molecule has 1 aromatic rings. The third kappa shape index (κ3) is 4.34. The number of rotatable bonds is 8. The van der Waals surface area contributed by atoms with Crippen LogP contribution in [0, 0.1) is 11.8 Å². The predicted octanol–water partition coefficient (Wildman–Crippen LogP) is 3.42. The zero-order valence-electron chi connectivity index (χ0n) is 12.9. The van der Waals surface area contributed by atoms with Gasteiger partial charge in [-0.15, -0.1) is 0 Å². The van der Waals surface area contributed by atoms with E-state index in [0.717, 1.165) is 25.4 Å². The number of aromatic nitrogens is 2. The van der Waals surface area contributed by atoms with Crippen molar-refractivity contribution in [3.05, 3.63) is 18.0 Å². The van der Waals surface area contributed by atoms with Gasteiger partial charge in [0.2, 0.25) is 0 Å². The van der Waals surface area contributed by atoms with E-state index in [2.05, 4.69) is 50.0 Å². The van der Waals surface area contributed by atoms with Gasteiger partial charge in [0.25, 0.3) is 0 Å². The van der Waals surface area contributed by atoms with Gasteiger partial charge in [-0.3, -0.25) is 4.68 Å². The Morgan fingerprint density at radius 2 is 2.11 bits per heavy atom. The molecule has 0 aliphatic heterocycles. The molecule has 19 heavy (non-hydrogen) atoms. The zero-order chi connectivity index (χ0) is 13.8. The Hall–Kier alpha value is -0.830. The standard InChI is InChI=1S/C16H29N3/c1-5-13(4)19-9-8-16(18-19)10-14(12(2)3)11-17-15-6-7-15/h8-9,12-15,17H,5-7,10-11H2,1-4H3. The van der Waals surface area contributed by atoms with Crippen LogP contribution in [0.4, 0.5) is 0 Å². The van der Waals surface area contributed by atoms with Crippen LogP contribution in [0.1, 0.15) is 58.7 Å². The van der Waals surface area contributed by atoms with Gasteiger partial charge >= 0.3 is 0 Å². The molecule has 1 N–H and O–H groups in total. The average molecular weight is 263 g/mol. The molecule has 2 rings (SSSR count). The van der Waals surface area contributed by atoms with Crippen LogP contribution in [0.25, 0.3) is 0 Å². The van der Waals surface area contributed by atoms with Crippen LogP contribution in [-0.4, -0.2) is 22.4 Å². The molecule has 2 unspecified atom stereocenters. The Bertz CT molecular complexity index is 379. The first-order valence-corrected chi connectivity index (χ1v) is 7.87. The molecule has 0 amide bonds. The van der Waals surface area contributed by atoms with Crippen LogP contribution in [0.15, 0.2) is 12.3 Å². The van der Waals surface area contributed by atoms with E-state index in [1.54, 1.807) is 0 Å². The van der Waals surface area contributed by atoms with Crippen molar-refractivity contribution in [1.29, 1.82) is 0 Å². The lowest BCUT2D eigenvalue weighted by atomic mass is 9.91. The minimum absolute atomic E-state index is 0.510. The summed E-state index contributed by atoms with van der Waals surface area (Å²) in [5.41, 5.74) is 1.25. The Kier molecular flexibility index (Phi) is 5.03. The van der Waals surface area contributed by atoms with Gasteiger partial charge in [-0.05, 0) is 57.1 Å². The van der Waals surface area contributed by atoms with Crippen LogP contribution < -0.4 is 5.32 Å². The molecular formula is C16H29N3. The first-order valence-electron chi connectivity index (χ1n) is 7.87. The highest BCUT2D eigenvalue weighted by Gasteiger charge is 2.23. The van der Waals surface area contributed by atoms with Gasteiger partial charge in [0, 0.05) is 18.3 Å². The fourth-order valence-corrected chi connectivity index (χ4v) is 2.34. The molecule has 1 saturated carbocycles. The Morgan fingerprint density at radius 1 is 1.37 bits per heavy atom. The van der Waals surface area contributed by atoms with Gasteiger partial charge in [0.1, 0.15) is 0 Å². The van der Waals surface area contributed by atoms with Crippen LogP contribution in [0.2, 0.25) is 0 Å². The fraction of sp³-hybridized carbons (Fsp3) is 0.812. The largest absolute Gasteiger partial charge is 0.314 e. The summed E-state index contributed by atoms with van der Waals surface area (Å²) in [5.74, 6) is 1.40. The zero-order valence-corrected chi connectivity index (χ0v) is 12.9. The van der Waals surface area contributed by atoms with Gasteiger partial charge in [-0.2, -0.15) is 5.10 Å². The Balaban J connectivity index is 1.89. The molecule has 1 fully saturated rings. The molecule has 1 aromatic heterocycles. The molecule has 2 atom stereocenters. The van der Waals surface area contributed by atoms with Crippen molar-refractivity contribution >= 4 is 0 Å². The van der Waals surface area contributed by atoms with E-state index >= 15 is 0 Å². The highest BCUT2D eigenvalue weighted by molar-refractivity contribution is 5.02. The van der Waals surface area contributed by atoms with Crippen LogP contribution >= 0.6 is 0 Å². The molecule has 0 bridgehead atoms. The van der Waals surface area contributed by atoms with E-state index in [1.165, 1.54) is 18.5 Å². The molecule has 0 aromatic carbocycles. The predicted molar refractivity (Wildman–Crippen MR) is 80.3 cm³/mol. The van der Waals surface area contributed by atoms with Crippen LogP contribution in [-0.2, 0) is 6.42 Å². The van der Waals surface area contributed by atoms with Crippen LogP contribution in [0.5, 0.6) is 0 Å². The minimum atomic E-state index is 0.510. The van der Waals surface area contributed by atoms with Crippen LogP contribution in [0.3, 0.4) is 0 Å². The summed E-state index contributed by atoms with van der Waals surface area (Å²) >= 11 is 0. The topological polar surface area (TPSA) is 29.9 Å². The number of hydrogen-bond donors (Lipinski definition) is 1. The molecular weight excluding hydrogens is 234 g/mol. The molecule has 0 spiro atoms. The Morgan fingerprint density at radius 3 is 2.68 bits per heavy atom. The third-order valence-electron chi connectivity index (χ3n) is 4.37. The maximum absolute atomic E-state index is 4.73. The average Bonchev–Trinajstić information content (AvgIpc) is 3.10. The van der Waals surface area contributed by atoms with Crippen molar-refractivity contribution in [2.75, 3.05) is 6.54 Å². The second-order valence-corrected chi connectivity index (χ2v) is 6.44. The van der Waals surface area contributed by atoms with Gasteiger partial charge in [0.15, 0.2) is 0 Å². The maximum atomic E-state index is 4.73. The molecule has 0 saturated heterocycles. The highest BCUT2D eigenvalue weighted by atomic mass is 15.3. The van der Waals surface area contributed by atoms with Gasteiger partial charge < -0.3 is 5.32 Å². The lowest BCUT2D eigenvalue weighted by Gasteiger charge is -2.20. The highest BCUT2D eigenvalue weighted by Crippen LogP contribution is 2.22. The van der Waals surface area contributed by atoms with E-state index < -0.39 is 0 Å². The summed E-state index contributed by atoms with van der Waals surface area (Å²) in [7, 11) is 0. The van der Waals surface area contributed by atoms with Gasteiger partial charge in [0.05, 0.1) is 5.69 Å². The van der Waals surface area contributed by atoms with Crippen molar-refractivity contribution in [2.45, 2.75) is 65.5 Å². The SMILES string of the molecule is CCC(C)n1ccc(CC(CNC2CC2)C(C)C)n1. The Labute approximate surface area is 117 Å². The first kappa shape index (κ1) is 14.6. The lowest BCUT2D eigenvalue weighted by Crippen LogP contribution is -2.29. The quantitative estimate of drug-likeness (QED) is 0.779. The summed E-state index contributed by atoms with van der Waals surface area (Å²) in [6, 6.07) is 3.51. The number of hydrogen-bond acceptors (Lipinski definition) is 2. The summed E-state index contributed by atoms with van der Waals surface area (Å²) in [6.45, 7) is 10.2. The lowest BCUT2D eigenvalue weighted by molar-refractivity contribution is 0.354. The molecule has 3 heteroatoms. The second-order valence-electron chi connectivity index (χ2n) is 6.44. The first-order chi connectivity index (χ1) is 9.10. The fourth-order valence-electron chi connectivity index (χ4n) is 2.34. The summed E-state index contributed by atoms with van der Waals surface area (Å²) in [4.78, 5) is 0. The molecule has 3 nitrogen and oxygen atoms in total. The third-order valence-corrected chi connectivity index (χ3v) is 4.37. The van der Waals surface area contributed by atoms with E-state index in [4.69, 9.17) is 5.10 Å². The molecule has 1 aliphatic carbocycles.